The highest BCUT2D eigenvalue weighted by Gasteiger charge is 2.57. The summed E-state index contributed by atoms with van der Waals surface area (Å²) in [4.78, 5) is 16.9. The van der Waals surface area contributed by atoms with Gasteiger partial charge in [0.25, 0.3) is 0 Å². The zero-order valence-corrected chi connectivity index (χ0v) is 11.7. The largest absolute Gasteiger partial charge is 0.416 e. The molecule has 1 aliphatic rings. The molecule has 1 fully saturated rings. The van der Waals surface area contributed by atoms with Gasteiger partial charge in [0.05, 0.1) is 5.56 Å². The van der Waals surface area contributed by atoms with E-state index in [1.807, 2.05) is 0 Å². The van der Waals surface area contributed by atoms with Crippen molar-refractivity contribution < 1.29 is 32.9 Å². The zero-order valence-electron chi connectivity index (χ0n) is 11.7. The van der Waals surface area contributed by atoms with Crippen molar-refractivity contribution in [3.63, 3.8) is 0 Å². The number of aromatic nitrogens is 1. The van der Waals surface area contributed by atoms with Crippen molar-refractivity contribution in [3.05, 3.63) is 23.9 Å². The standard InChI is InChI=1S/C12H14F3N3O4/c1-3-22-9-12(20,21)18(10(19)17(9)2)8-6-7(4-5-16-8)11(13,14)15/h4-6,9,20-21H,3H2,1-2H3/t9-/m0/s1. The molecule has 7 nitrogen and oxygen atoms in total. The normalized spacial score (nSPS) is 21.6. The van der Waals surface area contributed by atoms with E-state index in [1.165, 1.54) is 7.05 Å². The summed E-state index contributed by atoms with van der Waals surface area (Å²) in [5.41, 5.74) is -1.07. The lowest BCUT2D eigenvalue weighted by Crippen LogP contribution is -2.53. The Balaban J connectivity index is 2.46. The molecule has 1 saturated heterocycles. The van der Waals surface area contributed by atoms with Gasteiger partial charge in [-0.25, -0.2) is 14.7 Å². The summed E-state index contributed by atoms with van der Waals surface area (Å²) in [5.74, 6) is -3.39. The van der Waals surface area contributed by atoms with E-state index in [0.717, 1.165) is 11.1 Å². The van der Waals surface area contributed by atoms with E-state index in [-0.39, 0.29) is 6.61 Å². The molecule has 2 N–H and O–H groups in total. The molecule has 0 aromatic carbocycles. The second kappa shape index (κ2) is 5.38. The lowest BCUT2D eigenvalue weighted by molar-refractivity contribution is -0.242. The predicted octanol–water partition coefficient (Wildman–Crippen LogP) is 0.973. The van der Waals surface area contributed by atoms with Gasteiger partial charge in [-0.15, -0.1) is 0 Å². The third-order valence-electron chi connectivity index (χ3n) is 3.13. The number of aliphatic hydroxyl groups is 2. The minimum atomic E-state index is -4.65. The number of rotatable bonds is 3. The third kappa shape index (κ3) is 2.60. The van der Waals surface area contributed by atoms with E-state index >= 15 is 0 Å². The smallest absolute Gasteiger partial charge is 0.351 e. The van der Waals surface area contributed by atoms with Crippen LogP contribution in [0.5, 0.6) is 0 Å². The number of anilines is 1. The highest BCUT2D eigenvalue weighted by atomic mass is 19.4. The molecule has 0 bridgehead atoms. The summed E-state index contributed by atoms with van der Waals surface area (Å²) in [6, 6.07) is 0.320. The van der Waals surface area contributed by atoms with Crippen LogP contribution in [0.3, 0.4) is 0 Å². The van der Waals surface area contributed by atoms with Crippen molar-refractivity contribution in [1.29, 1.82) is 0 Å². The number of hydrogen-bond donors (Lipinski definition) is 2. The van der Waals surface area contributed by atoms with Crippen LogP contribution < -0.4 is 4.90 Å². The number of hydrogen-bond acceptors (Lipinski definition) is 5. The van der Waals surface area contributed by atoms with Gasteiger partial charge in [0, 0.05) is 19.9 Å². The summed E-state index contributed by atoms with van der Waals surface area (Å²) in [7, 11) is 1.23. The molecular formula is C12H14F3N3O4. The Morgan fingerprint density at radius 1 is 1.45 bits per heavy atom. The molecule has 0 saturated carbocycles. The second-order valence-electron chi connectivity index (χ2n) is 4.62. The fourth-order valence-corrected chi connectivity index (χ4v) is 2.13. The first kappa shape index (κ1) is 16.5. The molecular weight excluding hydrogens is 307 g/mol. The quantitative estimate of drug-likeness (QED) is 0.810. The van der Waals surface area contributed by atoms with E-state index in [9.17, 15) is 28.2 Å². The van der Waals surface area contributed by atoms with Gasteiger partial charge in [0.2, 0.25) is 6.23 Å². The van der Waals surface area contributed by atoms with Crippen LogP contribution in [0, 0.1) is 0 Å². The molecule has 0 unspecified atom stereocenters. The van der Waals surface area contributed by atoms with Crippen molar-refractivity contribution in [2.24, 2.45) is 0 Å². The van der Waals surface area contributed by atoms with Crippen LogP contribution in [0.4, 0.5) is 23.8 Å². The molecule has 2 rings (SSSR count). The molecule has 1 aromatic rings. The van der Waals surface area contributed by atoms with E-state index < -0.39 is 35.7 Å². The third-order valence-corrected chi connectivity index (χ3v) is 3.13. The Kier molecular flexibility index (Phi) is 4.02. The highest BCUT2D eigenvalue weighted by Crippen LogP contribution is 2.36. The average molecular weight is 321 g/mol. The van der Waals surface area contributed by atoms with E-state index in [0.29, 0.717) is 17.0 Å². The van der Waals surface area contributed by atoms with Gasteiger partial charge in [-0.3, -0.25) is 4.90 Å². The van der Waals surface area contributed by atoms with Crippen LogP contribution in [-0.4, -0.2) is 51.9 Å². The van der Waals surface area contributed by atoms with Crippen LogP contribution >= 0.6 is 0 Å². The summed E-state index contributed by atoms with van der Waals surface area (Å²) in [6.45, 7) is 1.63. The first-order chi connectivity index (χ1) is 10.1. The molecule has 10 heteroatoms. The average Bonchev–Trinajstić information content (AvgIpc) is 2.58. The van der Waals surface area contributed by atoms with Crippen LogP contribution in [0.25, 0.3) is 0 Å². The van der Waals surface area contributed by atoms with E-state index in [1.54, 1.807) is 6.92 Å². The fourth-order valence-electron chi connectivity index (χ4n) is 2.13. The fraction of sp³-hybridized carbons (Fsp3) is 0.500. The summed E-state index contributed by atoms with van der Waals surface area (Å²) in [5, 5.41) is 20.2. The molecule has 2 heterocycles. The van der Waals surface area contributed by atoms with Gasteiger partial charge in [0.1, 0.15) is 5.82 Å². The maximum absolute atomic E-state index is 12.7. The van der Waals surface area contributed by atoms with Gasteiger partial charge in [0.15, 0.2) is 0 Å². The Morgan fingerprint density at radius 3 is 2.64 bits per heavy atom. The van der Waals surface area contributed by atoms with Crippen LogP contribution in [-0.2, 0) is 10.9 Å². The minimum absolute atomic E-state index is 0.0645. The summed E-state index contributed by atoms with van der Waals surface area (Å²) >= 11 is 0. The van der Waals surface area contributed by atoms with Crippen molar-refractivity contribution >= 4 is 11.8 Å². The predicted molar refractivity (Wildman–Crippen MR) is 67.5 cm³/mol. The topological polar surface area (TPSA) is 86.1 Å². The number of carbonyl (C=O) groups excluding carboxylic acids is 1. The number of alkyl halides is 3. The number of carbonyl (C=O) groups is 1. The minimum Gasteiger partial charge on any atom is -0.351 e. The zero-order chi connectivity index (χ0) is 16.7. The monoisotopic (exact) mass is 321 g/mol. The molecule has 0 spiro atoms. The van der Waals surface area contributed by atoms with Gasteiger partial charge in [-0.2, -0.15) is 13.2 Å². The van der Waals surface area contributed by atoms with Crippen molar-refractivity contribution in [2.75, 3.05) is 18.6 Å². The number of ether oxygens (including phenoxy) is 1. The van der Waals surface area contributed by atoms with Gasteiger partial charge < -0.3 is 14.9 Å². The molecule has 0 aliphatic carbocycles. The van der Waals surface area contributed by atoms with Crippen molar-refractivity contribution in [2.45, 2.75) is 25.2 Å². The molecule has 122 valence electrons. The number of amides is 2. The Labute approximate surface area is 123 Å². The van der Waals surface area contributed by atoms with Gasteiger partial charge in [-0.1, -0.05) is 0 Å². The summed E-state index contributed by atoms with van der Waals surface area (Å²) < 4.78 is 43.2. The molecule has 1 aliphatic heterocycles. The lowest BCUT2D eigenvalue weighted by Gasteiger charge is -2.29. The van der Waals surface area contributed by atoms with E-state index in [2.05, 4.69) is 4.98 Å². The van der Waals surface area contributed by atoms with Crippen LogP contribution in [0.15, 0.2) is 18.3 Å². The number of halogens is 3. The Bertz CT molecular complexity index is 579. The Hall–Kier alpha value is -1.91. The molecule has 1 atom stereocenters. The number of nitrogens with zero attached hydrogens (tertiary/aromatic N) is 3. The van der Waals surface area contributed by atoms with Crippen molar-refractivity contribution in [1.82, 2.24) is 9.88 Å². The van der Waals surface area contributed by atoms with Crippen molar-refractivity contribution in [3.8, 4) is 0 Å². The summed E-state index contributed by atoms with van der Waals surface area (Å²) in [6.07, 6.45) is -5.28. The molecule has 0 radical (unpaired) electrons. The maximum Gasteiger partial charge on any atom is 0.416 e. The van der Waals surface area contributed by atoms with Crippen LogP contribution in [0.1, 0.15) is 12.5 Å². The number of pyridine rings is 1. The SMILES string of the molecule is CCO[C@@H]1N(C)C(=O)N(c2cc(C(F)(F)F)ccn2)C1(O)O. The van der Waals surface area contributed by atoms with Gasteiger partial charge in [-0.05, 0) is 19.1 Å². The second-order valence-corrected chi connectivity index (χ2v) is 4.62. The molecule has 2 amide bonds. The van der Waals surface area contributed by atoms with Crippen LogP contribution in [0.2, 0.25) is 0 Å². The first-order valence-corrected chi connectivity index (χ1v) is 6.27. The number of likely N-dealkylation sites (N-methyl/N-ethyl adjacent to an activating group) is 1. The first-order valence-electron chi connectivity index (χ1n) is 6.27. The highest BCUT2D eigenvalue weighted by molar-refractivity contribution is 5.94. The van der Waals surface area contributed by atoms with Gasteiger partial charge >= 0.3 is 18.1 Å². The molecule has 22 heavy (non-hydrogen) atoms. The number of urea groups is 1. The van der Waals surface area contributed by atoms with E-state index in [4.69, 9.17) is 4.74 Å². The lowest BCUT2D eigenvalue weighted by atomic mass is 10.2. The maximum atomic E-state index is 12.7. The Morgan fingerprint density at radius 2 is 2.09 bits per heavy atom. The molecule has 1 aromatic heterocycles.